The molecular formula is C25H28N4O2. The van der Waals surface area contributed by atoms with E-state index in [2.05, 4.69) is 33.1 Å². The molecule has 1 atom stereocenters. The van der Waals surface area contributed by atoms with Gasteiger partial charge in [-0.05, 0) is 43.0 Å². The van der Waals surface area contributed by atoms with Crippen molar-refractivity contribution in [2.45, 2.75) is 25.8 Å². The zero-order valence-electron chi connectivity index (χ0n) is 17.8. The summed E-state index contributed by atoms with van der Waals surface area (Å²) in [6.07, 6.45) is 7.43. The van der Waals surface area contributed by atoms with Crippen molar-refractivity contribution >= 4 is 5.91 Å². The summed E-state index contributed by atoms with van der Waals surface area (Å²) in [6.45, 7) is 2.29. The van der Waals surface area contributed by atoms with Gasteiger partial charge in [0.2, 0.25) is 5.91 Å². The van der Waals surface area contributed by atoms with Crippen LogP contribution in [-0.2, 0) is 17.8 Å². The third-order valence-corrected chi connectivity index (χ3v) is 6.18. The largest absolute Gasteiger partial charge is 0.496 e. The molecule has 6 nitrogen and oxygen atoms in total. The minimum absolute atomic E-state index is 0.239. The van der Waals surface area contributed by atoms with Crippen molar-refractivity contribution in [2.24, 2.45) is 11.1 Å². The highest BCUT2D eigenvalue weighted by Gasteiger charge is 2.41. The number of amides is 1. The monoisotopic (exact) mass is 416 g/mol. The van der Waals surface area contributed by atoms with Gasteiger partial charge in [-0.2, -0.15) is 0 Å². The van der Waals surface area contributed by atoms with E-state index in [1.807, 2.05) is 30.3 Å². The number of hydrogen-bond acceptors (Lipinski definition) is 5. The Morgan fingerprint density at radius 1 is 1.10 bits per heavy atom. The Kier molecular flexibility index (Phi) is 6.28. The predicted molar refractivity (Wildman–Crippen MR) is 120 cm³/mol. The van der Waals surface area contributed by atoms with E-state index in [0.717, 1.165) is 53.9 Å². The zero-order chi connectivity index (χ0) is 21.7. The van der Waals surface area contributed by atoms with Crippen LogP contribution in [0.4, 0.5) is 0 Å². The van der Waals surface area contributed by atoms with Crippen molar-refractivity contribution in [2.75, 3.05) is 20.2 Å². The first-order chi connectivity index (χ1) is 15.1. The second kappa shape index (κ2) is 9.27. The van der Waals surface area contributed by atoms with E-state index in [1.54, 1.807) is 19.5 Å². The number of rotatable bonds is 7. The molecule has 1 aliphatic rings. The Morgan fingerprint density at radius 3 is 2.55 bits per heavy atom. The molecule has 4 rings (SSSR count). The molecule has 2 aromatic carbocycles. The quantitative estimate of drug-likeness (QED) is 0.638. The van der Waals surface area contributed by atoms with Crippen LogP contribution in [0.3, 0.4) is 0 Å². The van der Waals surface area contributed by atoms with Gasteiger partial charge in [0.1, 0.15) is 12.1 Å². The van der Waals surface area contributed by atoms with Gasteiger partial charge in [-0.3, -0.25) is 9.69 Å². The van der Waals surface area contributed by atoms with Crippen LogP contribution in [0.5, 0.6) is 5.75 Å². The maximum atomic E-state index is 12.8. The fraction of sp³-hybridized carbons (Fsp3) is 0.320. The maximum absolute atomic E-state index is 12.8. The minimum Gasteiger partial charge on any atom is -0.496 e. The van der Waals surface area contributed by atoms with E-state index >= 15 is 0 Å². The predicted octanol–water partition coefficient (Wildman–Crippen LogP) is 3.46. The average Bonchev–Trinajstić information content (AvgIpc) is 2.80. The van der Waals surface area contributed by atoms with Gasteiger partial charge < -0.3 is 10.5 Å². The summed E-state index contributed by atoms with van der Waals surface area (Å²) in [5.41, 5.74) is 9.62. The lowest BCUT2D eigenvalue weighted by Gasteiger charge is -2.41. The molecule has 2 N–H and O–H groups in total. The highest BCUT2D eigenvalue weighted by Crippen LogP contribution is 2.37. The van der Waals surface area contributed by atoms with Crippen LogP contribution in [0.25, 0.3) is 11.1 Å². The Bertz CT molecular complexity index is 1040. The summed E-state index contributed by atoms with van der Waals surface area (Å²) in [5.74, 6) is 0.628. The molecule has 0 spiro atoms. The van der Waals surface area contributed by atoms with Gasteiger partial charge >= 0.3 is 0 Å². The SMILES string of the molecule is COc1ccccc1CN1CCCC(Cc2ccccc2-c2cncnc2)(C(N)=O)C1. The summed E-state index contributed by atoms with van der Waals surface area (Å²) in [6, 6.07) is 16.2. The number of methoxy groups -OCH3 is 1. The number of carbonyl (C=O) groups is 1. The van der Waals surface area contributed by atoms with E-state index in [0.29, 0.717) is 13.0 Å². The summed E-state index contributed by atoms with van der Waals surface area (Å²) < 4.78 is 5.52. The third kappa shape index (κ3) is 4.59. The standard InChI is InChI=1S/C25H28N4O2/c1-31-23-10-5-3-8-20(23)16-29-12-6-11-25(17-29,24(26)30)13-19-7-2-4-9-22(19)21-14-27-18-28-15-21/h2-5,7-10,14-15,18H,6,11-13,16-17H2,1H3,(H2,26,30). The lowest BCUT2D eigenvalue weighted by molar-refractivity contribution is -0.131. The highest BCUT2D eigenvalue weighted by molar-refractivity contribution is 5.82. The summed E-state index contributed by atoms with van der Waals surface area (Å²) in [4.78, 5) is 23.4. The van der Waals surface area contributed by atoms with Crippen molar-refractivity contribution in [3.05, 3.63) is 78.4 Å². The Balaban J connectivity index is 1.61. The molecule has 1 aliphatic heterocycles. The third-order valence-electron chi connectivity index (χ3n) is 6.18. The molecule has 0 saturated carbocycles. The normalized spacial score (nSPS) is 19.1. The number of carbonyl (C=O) groups excluding carboxylic acids is 1. The molecule has 160 valence electrons. The molecule has 2 heterocycles. The first kappa shape index (κ1) is 21.0. The van der Waals surface area contributed by atoms with Gasteiger partial charge in [0.25, 0.3) is 0 Å². The molecule has 1 unspecified atom stereocenters. The first-order valence-corrected chi connectivity index (χ1v) is 10.6. The Hall–Kier alpha value is -3.25. The summed E-state index contributed by atoms with van der Waals surface area (Å²) in [7, 11) is 1.69. The van der Waals surface area contributed by atoms with Crippen molar-refractivity contribution < 1.29 is 9.53 Å². The molecule has 1 aromatic heterocycles. The van der Waals surface area contributed by atoms with Crippen molar-refractivity contribution in [1.29, 1.82) is 0 Å². The van der Waals surface area contributed by atoms with Crippen molar-refractivity contribution in [3.63, 3.8) is 0 Å². The van der Waals surface area contributed by atoms with Gasteiger partial charge in [0.15, 0.2) is 0 Å². The topological polar surface area (TPSA) is 81.3 Å². The highest BCUT2D eigenvalue weighted by atomic mass is 16.5. The molecule has 31 heavy (non-hydrogen) atoms. The number of likely N-dealkylation sites (tertiary alicyclic amines) is 1. The molecule has 1 saturated heterocycles. The molecule has 0 radical (unpaired) electrons. The van der Waals surface area contributed by atoms with E-state index in [4.69, 9.17) is 10.5 Å². The van der Waals surface area contributed by atoms with E-state index < -0.39 is 5.41 Å². The van der Waals surface area contributed by atoms with Crippen LogP contribution in [0.1, 0.15) is 24.0 Å². The van der Waals surface area contributed by atoms with Crippen LogP contribution in [0.2, 0.25) is 0 Å². The molecule has 6 heteroatoms. The smallest absolute Gasteiger partial charge is 0.225 e. The van der Waals surface area contributed by atoms with Gasteiger partial charge in [0.05, 0.1) is 12.5 Å². The van der Waals surface area contributed by atoms with E-state index in [-0.39, 0.29) is 5.91 Å². The summed E-state index contributed by atoms with van der Waals surface area (Å²) >= 11 is 0. The first-order valence-electron chi connectivity index (χ1n) is 10.6. The fourth-order valence-corrected chi connectivity index (χ4v) is 4.63. The van der Waals surface area contributed by atoms with Crippen LogP contribution in [-0.4, -0.2) is 41.0 Å². The average molecular weight is 417 g/mol. The molecule has 3 aromatic rings. The molecular weight excluding hydrogens is 388 g/mol. The number of para-hydroxylation sites is 1. The number of aromatic nitrogens is 2. The molecule has 0 bridgehead atoms. The Morgan fingerprint density at radius 2 is 1.81 bits per heavy atom. The van der Waals surface area contributed by atoms with E-state index in [9.17, 15) is 4.79 Å². The Labute approximate surface area is 183 Å². The van der Waals surface area contributed by atoms with Crippen LogP contribution >= 0.6 is 0 Å². The van der Waals surface area contributed by atoms with Crippen molar-refractivity contribution in [1.82, 2.24) is 14.9 Å². The minimum atomic E-state index is -0.619. The second-order valence-electron chi connectivity index (χ2n) is 8.23. The van der Waals surface area contributed by atoms with Gasteiger partial charge in [-0.15, -0.1) is 0 Å². The van der Waals surface area contributed by atoms with Gasteiger partial charge in [0, 0.05) is 36.6 Å². The van der Waals surface area contributed by atoms with Crippen LogP contribution < -0.4 is 10.5 Å². The number of hydrogen-bond donors (Lipinski definition) is 1. The molecule has 1 amide bonds. The number of benzene rings is 2. The van der Waals surface area contributed by atoms with Crippen molar-refractivity contribution in [3.8, 4) is 16.9 Å². The molecule has 1 fully saturated rings. The summed E-state index contributed by atoms with van der Waals surface area (Å²) in [5, 5.41) is 0. The second-order valence-corrected chi connectivity index (χ2v) is 8.23. The number of nitrogens with two attached hydrogens (primary N) is 1. The lowest BCUT2D eigenvalue weighted by Crippen LogP contribution is -2.51. The van der Waals surface area contributed by atoms with Gasteiger partial charge in [-0.1, -0.05) is 42.5 Å². The maximum Gasteiger partial charge on any atom is 0.225 e. The number of piperidine rings is 1. The zero-order valence-corrected chi connectivity index (χ0v) is 17.8. The van der Waals surface area contributed by atoms with Gasteiger partial charge in [-0.25, -0.2) is 9.97 Å². The van der Waals surface area contributed by atoms with Crippen LogP contribution in [0.15, 0.2) is 67.3 Å². The number of nitrogens with zero attached hydrogens (tertiary/aromatic N) is 3. The lowest BCUT2D eigenvalue weighted by atomic mass is 9.73. The fourth-order valence-electron chi connectivity index (χ4n) is 4.63. The van der Waals surface area contributed by atoms with Crippen LogP contribution in [0, 0.1) is 5.41 Å². The molecule has 0 aliphatic carbocycles. The number of primary amides is 1. The van der Waals surface area contributed by atoms with E-state index in [1.165, 1.54) is 6.33 Å². The number of ether oxygens (including phenoxy) is 1.